The van der Waals surface area contributed by atoms with E-state index < -0.39 is 0 Å². The molecule has 2 atom stereocenters. The van der Waals surface area contributed by atoms with Crippen molar-refractivity contribution >= 4 is 11.6 Å². The van der Waals surface area contributed by atoms with Crippen molar-refractivity contribution in [3.8, 4) is 0 Å². The fourth-order valence-corrected chi connectivity index (χ4v) is 3.76. The summed E-state index contributed by atoms with van der Waals surface area (Å²) in [7, 11) is 4.08. The zero-order valence-electron chi connectivity index (χ0n) is 17.1. The summed E-state index contributed by atoms with van der Waals surface area (Å²) in [5.41, 5.74) is 2.74. The van der Waals surface area contributed by atoms with E-state index >= 15 is 0 Å². The van der Waals surface area contributed by atoms with E-state index in [0.717, 1.165) is 36.3 Å². The van der Waals surface area contributed by atoms with Crippen molar-refractivity contribution < 1.29 is 9.53 Å². The Kier molecular flexibility index (Phi) is 7.06. The maximum Gasteiger partial charge on any atom is 0.256 e. The molecule has 1 heterocycles. The molecular weight excluding hydrogens is 350 g/mol. The van der Waals surface area contributed by atoms with Crippen molar-refractivity contribution in [1.82, 2.24) is 9.80 Å². The van der Waals surface area contributed by atoms with Crippen LogP contribution >= 0.6 is 0 Å². The fraction of sp³-hybridized carbons (Fsp3) is 0.435. The van der Waals surface area contributed by atoms with Gasteiger partial charge in [0.1, 0.15) is 0 Å². The van der Waals surface area contributed by atoms with Crippen LogP contribution in [0.4, 0.5) is 5.69 Å². The highest BCUT2D eigenvalue weighted by molar-refractivity contribution is 6.00. The lowest BCUT2D eigenvalue weighted by atomic mass is 9.96. The molecule has 1 N–H and O–H groups in total. The van der Waals surface area contributed by atoms with E-state index in [2.05, 4.69) is 29.3 Å². The molecule has 5 heteroatoms. The Morgan fingerprint density at radius 1 is 1.14 bits per heavy atom. The number of carbonyl (C=O) groups excluding carboxylic acids is 1. The van der Waals surface area contributed by atoms with Gasteiger partial charge in [-0.1, -0.05) is 49.4 Å². The number of carbonyl (C=O) groups is 1. The van der Waals surface area contributed by atoms with Crippen molar-refractivity contribution in [3.05, 3.63) is 65.7 Å². The van der Waals surface area contributed by atoms with Gasteiger partial charge in [-0.3, -0.25) is 4.79 Å². The Balaban J connectivity index is 1.95. The molecule has 0 aromatic heterocycles. The molecule has 0 saturated carbocycles. The molecule has 28 heavy (non-hydrogen) atoms. The highest BCUT2D eigenvalue weighted by Crippen LogP contribution is 2.32. The van der Waals surface area contributed by atoms with Crippen LogP contribution in [-0.2, 0) is 4.74 Å². The number of hydrogen-bond acceptors (Lipinski definition) is 4. The molecule has 0 radical (unpaired) electrons. The first kappa shape index (κ1) is 20.4. The quantitative estimate of drug-likeness (QED) is 0.795. The molecule has 0 bridgehead atoms. The standard InChI is InChI=1S/C23H31N3O2/c1-4-14-24-20-13-9-8-12-19(20)23(27)26-15-16-28-21(17-25(2)3)22(26)18-10-6-5-7-11-18/h5-13,21-22,24H,4,14-17H2,1-3H3/t21-,22-/m0/s1. The molecule has 5 nitrogen and oxygen atoms in total. The van der Waals surface area contributed by atoms with Gasteiger partial charge in [0.2, 0.25) is 0 Å². The molecule has 1 saturated heterocycles. The maximum atomic E-state index is 13.6. The van der Waals surface area contributed by atoms with Crippen molar-refractivity contribution in [2.24, 2.45) is 0 Å². The third-order valence-corrected chi connectivity index (χ3v) is 5.02. The van der Waals surface area contributed by atoms with Crippen molar-refractivity contribution in [3.63, 3.8) is 0 Å². The summed E-state index contributed by atoms with van der Waals surface area (Å²) in [6.07, 6.45) is 0.948. The lowest BCUT2D eigenvalue weighted by molar-refractivity contribution is -0.0684. The third kappa shape index (κ3) is 4.72. The second-order valence-corrected chi connectivity index (χ2v) is 7.50. The van der Waals surface area contributed by atoms with E-state index in [1.54, 1.807) is 0 Å². The largest absolute Gasteiger partial charge is 0.384 e. The van der Waals surface area contributed by atoms with Gasteiger partial charge in [-0.2, -0.15) is 0 Å². The van der Waals surface area contributed by atoms with Gasteiger partial charge in [-0.25, -0.2) is 0 Å². The average Bonchev–Trinajstić information content (AvgIpc) is 2.72. The number of anilines is 1. The third-order valence-electron chi connectivity index (χ3n) is 5.02. The monoisotopic (exact) mass is 381 g/mol. The van der Waals surface area contributed by atoms with Gasteiger partial charge in [0.25, 0.3) is 5.91 Å². The lowest BCUT2D eigenvalue weighted by Crippen LogP contribution is -2.51. The molecule has 150 valence electrons. The Hall–Kier alpha value is -2.37. The van der Waals surface area contributed by atoms with E-state index in [1.807, 2.05) is 61.5 Å². The average molecular weight is 382 g/mol. The molecule has 0 unspecified atom stereocenters. The zero-order chi connectivity index (χ0) is 19.9. The Bertz CT molecular complexity index is 763. The van der Waals surface area contributed by atoms with Crippen LogP contribution in [0.15, 0.2) is 54.6 Å². The number of benzene rings is 2. The van der Waals surface area contributed by atoms with Gasteiger partial charge < -0.3 is 19.9 Å². The number of hydrogen-bond donors (Lipinski definition) is 1. The number of likely N-dealkylation sites (N-methyl/N-ethyl adjacent to an activating group) is 1. The molecule has 1 aliphatic rings. The highest BCUT2D eigenvalue weighted by Gasteiger charge is 2.37. The van der Waals surface area contributed by atoms with Crippen molar-refractivity contribution in [2.75, 3.05) is 45.7 Å². The van der Waals surface area contributed by atoms with Crippen LogP contribution in [0.3, 0.4) is 0 Å². The van der Waals surface area contributed by atoms with Gasteiger partial charge in [0.15, 0.2) is 0 Å². The predicted molar refractivity (Wildman–Crippen MR) is 114 cm³/mol. The van der Waals surface area contributed by atoms with Crippen LogP contribution in [0.25, 0.3) is 0 Å². The summed E-state index contributed by atoms with van der Waals surface area (Å²) >= 11 is 0. The normalized spacial score (nSPS) is 19.6. The minimum absolute atomic E-state index is 0.0557. The molecule has 3 rings (SSSR count). The topological polar surface area (TPSA) is 44.8 Å². The van der Waals surface area contributed by atoms with Crippen LogP contribution in [0.2, 0.25) is 0 Å². The van der Waals surface area contributed by atoms with Crippen LogP contribution in [0.5, 0.6) is 0 Å². The summed E-state index contributed by atoms with van der Waals surface area (Å²) in [5.74, 6) is 0.0557. The summed E-state index contributed by atoms with van der Waals surface area (Å²) in [5, 5.41) is 3.39. The van der Waals surface area contributed by atoms with E-state index in [-0.39, 0.29) is 18.1 Å². The first-order chi connectivity index (χ1) is 13.6. The Morgan fingerprint density at radius 2 is 1.86 bits per heavy atom. The lowest BCUT2D eigenvalue weighted by Gasteiger charge is -2.42. The number of nitrogens with one attached hydrogen (secondary N) is 1. The van der Waals surface area contributed by atoms with Crippen LogP contribution < -0.4 is 5.32 Å². The molecule has 2 aromatic carbocycles. The van der Waals surface area contributed by atoms with E-state index in [1.165, 1.54) is 0 Å². The number of ether oxygens (including phenoxy) is 1. The van der Waals surface area contributed by atoms with Crippen LogP contribution in [0.1, 0.15) is 35.3 Å². The Labute approximate surface area is 168 Å². The van der Waals surface area contributed by atoms with Gasteiger partial charge >= 0.3 is 0 Å². The number of morpholine rings is 1. The molecule has 1 fully saturated rings. The summed E-state index contributed by atoms with van der Waals surface area (Å²) in [4.78, 5) is 17.7. The molecule has 2 aromatic rings. The van der Waals surface area contributed by atoms with E-state index in [0.29, 0.717) is 13.2 Å². The molecule has 1 amide bonds. The number of para-hydroxylation sites is 1. The molecule has 0 spiro atoms. The minimum atomic E-state index is -0.107. The first-order valence-electron chi connectivity index (χ1n) is 10.1. The summed E-state index contributed by atoms with van der Waals surface area (Å²) < 4.78 is 6.12. The van der Waals surface area contributed by atoms with Gasteiger partial charge in [-0.15, -0.1) is 0 Å². The van der Waals surface area contributed by atoms with Crippen LogP contribution in [0, 0.1) is 0 Å². The van der Waals surface area contributed by atoms with Gasteiger partial charge in [0, 0.05) is 25.3 Å². The van der Waals surface area contributed by atoms with E-state index in [9.17, 15) is 4.79 Å². The smallest absolute Gasteiger partial charge is 0.256 e. The molecule has 1 aliphatic heterocycles. The van der Waals surface area contributed by atoms with Gasteiger partial charge in [0.05, 0.1) is 24.3 Å². The Morgan fingerprint density at radius 3 is 2.57 bits per heavy atom. The SMILES string of the molecule is CCCNc1ccccc1C(=O)N1CCO[C@@H](CN(C)C)[C@@H]1c1ccccc1. The fourth-order valence-electron chi connectivity index (χ4n) is 3.76. The summed E-state index contributed by atoms with van der Waals surface area (Å²) in [6, 6.07) is 17.9. The van der Waals surface area contributed by atoms with Gasteiger partial charge in [-0.05, 0) is 38.2 Å². The zero-order valence-corrected chi connectivity index (χ0v) is 17.1. The van der Waals surface area contributed by atoms with Crippen molar-refractivity contribution in [1.29, 1.82) is 0 Å². The maximum absolute atomic E-state index is 13.6. The number of rotatable bonds is 7. The van der Waals surface area contributed by atoms with E-state index in [4.69, 9.17) is 4.74 Å². The molecule has 0 aliphatic carbocycles. The minimum Gasteiger partial charge on any atom is -0.384 e. The number of amides is 1. The number of nitrogens with zero attached hydrogens (tertiary/aromatic N) is 2. The van der Waals surface area contributed by atoms with Crippen LogP contribution in [-0.4, -0.2) is 62.1 Å². The highest BCUT2D eigenvalue weighted by atomic mass is 16.5. The van der Waals surface area contributed by atoms with Crippen molar-refractivity contribution in [2.45, 2.75) is 25.5 Å². The second-order valence-electron chi connectivity index (χ2n) is 7.50. The second kappa shape index (κ2) is 9.71. The first-order valence-corrected chi connectivity index (χ1v) is 10.1. The molecular formula is C23H31N3O2. The summed E-state index contributed by atoms with van der Waals surface area (Å²) in [6.45, 7) is 4.87. The predicted octanol–water partition coefficient (Wildman–Crippen LogP) is 3.65.